The van der Waals surface area contributed by atoms with Crippen LogP contribution in [0, 0.1) is 0 Å². The molecule has 2 rings (SSSR count). The molecular weight excluding hydrogens is 250 g/mol. The SMILES string of the molecule is CCNc1ncccc1S(=O)(=O)NC1CCCC1. The number of nitrogens with one attached hydrogen (secondary N) is 2. The molecule has 0 unspecified atom stereocenters. The Bertz CT molecular complexity index is 496. The summed E-state index contributed by atoms with van der Waals surface area (Å²) in [5.41, 5.74) is 0. The van der Waals surface area contributed by atoms with E-state index in [0.717, 1.165) is 25.7 Å². The van der Waals surface area contributed by atoms with E-state index in [0.29, 0.717) is 12.4 Å². The largest absolute Gasteiger partial charge is 0.369 e. The smallest absolute Gasteiger partial charge is 0.244 e. The average Bonchev–Trinajstić information content (AvgIpc) is 2.82. The van der Waals surface area contributed by atoms with Crippen LogP contribution in [0.25, 0.3) is 0 Å². The van der Waals surface area contributed by atoms with E-state index in [2.05, 4.69) is 15.0 Å². The molecule has 1 heterocycles. The van der Waals surface area contributed by atoms with Crippen molar-refractivity contribution in [3.63, 3.8) is 0 Å². The number of aromatic nitrogens is 1. The first-order valence-corrected chi connectivity index (χ1v) is 7.83. The Hall–Kier alpha value is -1.14. The van der Waals surface area contributed by atoms with E-state index in [9.17, 15) is 8.42 Å². The highest BCUT2D eigenvalue weighted by Crippen LogP contribution is 2.22. The maximum absolute atomic E-state index is 12.3. The van der Waals surface area contributed by atoms with Crippen molar-refractivity contribution in [2.45, 2.75) is 43.5 Å². The second kappa shape index (κ2) is 5.67. The van der Waals surface area contributed by atoms with Crippen molar-refractivity contribution in [2.75, 3.05) is 11.9 Å². The van der Waals surface area contributed by atoms with Crippen LogP contribution in [0.15, 0.2) is 23.2 Å². The Kier molecular flexibility index (Phi) is 4.19. The summed E-state index contributed by atoms with van der Waals surface area (Å²) in [5, 5.41) is 2.98. The zero-order valence-corrected chi connectivity index (χ0v) is 11.3. The molecule has 1 fully saturated rings. The van der Waals surface area contributed by atoms with E-state index in [-0.39, 0.29) is 10.9 Å². The van der Waals surface area contributed by atoms with Crippen LogP contribution in [0.4, 0.5) is 5.82 Å². The number of pyridine rings is 1. The van der Waals surface area contributed by atoms with Crippen molar-refractivity contribution in [3.05, 3.63) is 18.3 Å². The molecule has 0 bridgehead atoms. The maximum atomic E-state index is 12.3. The molecule has 0 spiro atoms. The lowest BCUT2D eigenvalue weighted by Crippen LogP contribution is -2.33. The Labute approximate surface area is 108 Å². The van der Waals surface area contributed by atoms with Gasteiger partial charge in [0, 0.05) is 18.8 Å². The second-order valence-corrected chi connectivity index (χ2v) is 6.17. The first-order valence-electron chi connectivity index (χ1n) is 6.34. The lowest BCUT2D eigenvalue weighted by Gasteiger charge is -2.14. The zero-order chi connectivity index (χ0) is 13.0. The van der Waals surface area contributed by atoms with Gasteiger partial charge < -0.3 is 5.32 Å². The fourth-order valence-electron chi connectivity index (χ4n) is 2.23. The van der Waals surface area contributed by atoms with Gasteiger partial charge in [-0.15, -0.1) is 0 Å². The minimum absolute atomic E-state index is 0.0738. The molecule has 0 saturated heterocycles. The Morgan fingerprint density at radius 1 is 1.39 bits per heavy atom. The standard InChI is InChI=1S/C12H19N3O2S/c1-2-13-12-11(8-5-9-14-12)18(16,17)15-10-6-3-4-7-10/h5,8-10,15H,2-4,6-7H2,1H3,(H,13,14). The van der Waals surface area contributed by atoms with Gasteiger partial charge in [0.05, 0.1) is 0 Å². The molecule has 1 aliphatic carbocycles. The monoisotopic (exact) mass is 269 g/mol. The minimum atomic E-state index is -3.47. The van der Waals surface area contributed by atoms with Gasteiger partial charge in [0.25, 0.3) is 0 Å². The molecular formula is C12H19N3O2S. The van der Waals surface area contributed by atoms with Gasteiger partial charge in [0.2, 0.25) is 10.0 Å². The fourth-order valence-corrected chi connectivity index (χ4v) is 3.67. The van der Waals surface area contributed by atoms with Crippen molar-refractivity contribution in [1.29, 1.82) is 0 Å². The topological polar surface area (TPSA) is 71.1 Å². The highest BCUT2D eigenvalue weighted by atomic mass is 32.2. The molecule has 1 aliphatic rings. The highest BCUT2D eigenvalue weighted by Gasteiger charge is 2.25. The lowest BCUT2D eigenvalue weighted by atomic mass is 10.3. The van der Waals surface area contributed by atoms with Crippen LogP contribution in [-0.4, -0.2) is 26.0 Å². The predicted octanol–water partition coefficient (Wildman–Crippen LogP) is 1.73. The Morgan fingerprint density at radius 2 is 2.11 bits per heavy atom. The van der Waals surface area contributed by atoms with Gasteiger partial charge >= 0.3 is 0 Å². The molecule has 0 radical (unpaired) electrons. The zero-order valence-electron chi connectivity index (χ0n) is 10.5. The van der Waals surface area contributed by atoms with Gasteiger partial charge in [-0.2, -0.15) is 0 Å². The summed E-state index contributed by atoms with van der Waals surface area (Å²) in [6.07, 6.45) is 5.64. The number of anilines is 1. The second-order valence-electron chi connectivity index (χ2n) is 4.48. The quantitative estimate of drug-likeness (QED) is 0.854. The van der Waals surface area contributed by atoms with E-state index in [4.69, 9.17) is 0 Å². The van der Waals surface area contributed by atoms with E-state index in [1.54, 1.807) is 18.3 Å². The van der Waals surface area contributed by atoms with Crippen LogP contribution in [0.1, 0.15) is 32.6 Å². The van der Waals surface area contributed by atoms with Crippen LogP contribution in [0.3, 0.4) is 0 Å². The van der Waals surface area contributed by atoms with Crippen molar-refractivity contribution in [2.24, 2.45) is 0 Å². The van der Waals surface area contributed by atoms with Crippen molar-refractivity contribution >= 4 is 15.8 Å². The summed E-state index contributed by atoms with van der Waals surface area (Å²) in [5.74, 6) is 0.422. The number of sulfonamides is 1. The number of nitrogens with zero attached hydrogens (tertiary/aromatic N) is 1. The van der Waals surface area contributed by atoms with Gasteiger partial charge in [-0.3, -0.25) is 0 Å². The number of hydrogen-bond acceptors (Lipinski definition) is 4. The maximum Gasteiger partial charge on any atom is 0.244 e. The van der Waals surface area contributed by atoms with Crippen LogP contribution in [0.2, 0.25) is 0 Å². The highest BCUT2D eigenvalue weighted by molar-refractivity contribution is 7.89. The van der Waals surface area contributed by atoms with Crippen LogP contribution in [0.5, 0.6) is 0 Å². The van der Waals surface area contributed by atoms with Crippen LogP contribution in [-0.2, 0) is 10.0 Å². The fraction of sp³-hybridized carbons (Fsp3) is 0.583. The van der Waals surface area contributed by atoms with E-state index in [1.165, 1.54) is 0 Å². The van der Waals surface area contributed by atoms with E-state index in [1.807, 2.05) is 6.92 Å². The number of hydrogen-bond donors (Lipinski definition) is 2. The van der Waals surface area contributed by atoms with Gasteiger partial charge in [-0.1, -0.05) is 12.8 Å². The summed E-state index contributed by atoms with van der Waals surface area (Å²) < 4.78 is 27.3. The van der Waals surface area contributed by atoms with Crippen molar-refractivity contribution in [3.8, 4) is 0 Å². The molecule has 5 nitrogen and oxygen atoms in total. The van der Waals surface area contributed by atoms with Crippen LogP contribution < -0.4 is 10.0 Å². The van der Waals surface area contributed by atoms with Gasteiger partial charge in [-0.05, 0) is 31.9 Å². The normalized spacial score (nSPS) is 16.9. The molecule has 0 aliphatic heterocycles. The first-order chi connectivity index (χ1) is 8.63. The lowest BCUT2D eigenvalue weighted by molar-refractivity contribution is 0.552. The molecule has 1 aromatic heterocycles. The van der Waals surface area contributed by atoms with E-state index < -0.39 is 10.0 Å². The molecule has 1 saturated carbocycles. The summed E-state index contributed by atoms with van der Waals surface area (Å²) in [4.78, 5) is 4.31. The summed E-state index contributed by atoms with van der Waals surface area (Å²) in [7, 11) is -3.47. The number of rotatable bonds is 5. The molecule has 1 aromatic rings. The third kappa shape index (κ3) is 3.00. The molecule has 0 aromatic carbocycles. The summed E-state index contributed by atoms with van der Waals surface area (Å²) in [6, 6.07) is 3.30. The minimum Gasteiger partial charge on any atom is -0.369 e. The Morgan fingerprint density at radius 3 is 2.78 bits per heavy atom. The van der Waals surface area contributed by atoms with Crippen molar-refractivity contribution < 1.29 is 8.42 Å². The molecule has 2 N–H and O–H groups in total. The molecule has 0 amide bonds. The van der Waals surface area contributed by atoms with Crippen LogP contribution >= 0.6 is 0 Å². The molecule has 18 heavy (non-hydrogen) atoms. The van der Waals surface area contributed by atoms with Gasteiger partial charge in [0.15, 0.2) is 0 Å². The third-order valence-electron chi connectivity index (χ3n) is 3.08. The average molecular weight is 269 g/mol. The molecule has 0 atom stereocenters. The summed E-state index contributed by atoms with van der Waals surface area (Å²) in [6.45, 7) is 2.55. The van der Waals surface area contributed by atoms with Gasteiger partial charge in [0.1, 0.15) is 10.7 Å². The predicted molar refractivity (Wildman–Crippen MR) is 71.0 cm³/mol. The van der Waals surface area contributed by atoms with Gasteiger partial charge in [-0.25, -0.2) is 18.1 Å². The molecule has 6 heteroatoms. The summed E-state index contributed by atoms with van der Waals surface area (Å²) >= 11 is 0. The third-order valence-corrected chi connectivity index (χ3v) is 4.63. The van der Waals surface area contributed by atoms with E-state index >= 15 is 0 Å². The molecule has 100 valence electrons. The van der Waals surface area contributed by atoms with Crippen molar-refractivity contribution in [1.82, 2.24) is 9.71 Å². The Balaban J connectivity index is 2.22. The first kappa shape index (κ1) is 13.3.